The molecule has 2 aromatic carbocycles. The lowest BCUT2D eigenvalue weighted by atomic mass is 9.79. The van der Waals surface area contributed by atoms with Gasteiger partial charge in [0.2, 0.25) is 6.41 Å². The zero-order valence-electron chi connectivity index (χ0n) is 14.6. The van der Waals surface area contributed by atoms with E-state index < -0.39 is 11.8 Å². The first-order chi connectivity index (χ1) is 12.6. The topological polar surface area (TPSA) is 46.6 Å². The van der Waals surface area contributed by atoms with E-state index in [1.807, 2.05) is 18.2 Å². The molecule has 1 saturated carbocycles. The second kappa shape index (κ2) is 6.24. The number of ether oxygens (including phenoxy) is 1. The molecule has 1 heterocycles. The van der Waals surface area contributed by atoms with E-state index in [9.17, 15) is 14.0 Å². The molecule has 0 unspecified atom stereocenters. The number of amides is 1. The van der Waals surface area contributed by atoms with E-state index in [0.717, 1.165) is 48.9 Å². The Morgan fingerprint density at radius 2 is 1.96 bits per heavy atom. The molecule has 0 atom stereocenters. The summed E-state index contributed by atoms with van der Waals surface area (Å²) >= 11 is 0. The smallest absolute Gasteiger partial charge is 0.338 e. The number of esters is 1. The highest BCUT2D eigenvalue weighted by Gasteiger charge is 2.44. The minimum atomic E-state index is -0.495. The molecule has 26 heavy (non-hydrogen) atoms. The van der Waals surface area contributed by atoms with Crippen LogP contribution in [-0.4, -0.2) is 26.0 Å². The number of carbonyl (C=O) groups is 2. The zero-order valence-corrected chi connectivity index (χ0v) is 14.6. The minimum absolute atomic E-state index is 0.0228. The van der Waals surface area contributed by atoms with Gasteiger partial charge in [-0.1, -0.05) is 18.9 Å². The third-order valence-electron chi connectivity index (χ3n) is 5.74. The summed E-state index contributed by atoms with van der Waals surface area (Å²) in [5, 5.41) is 0. The number of methoxy groups -OCH3 is 1. The number of carbonyl (C=O) groups excluding carboxylic acids is 2. The molecule has 0 saturated heterocycles. The normalized spacial score (nSPS) is 17.4. The van der Waals surface area contributed by atoms with Gasteiger partial charge in [-0.25, -0.2) is 9.18 Å². The van der Waals surface area contributed by atoms with Crippen molar-refractivity contribution in [3.8, 4) is 11.1 Å². The van der Waals surface area contributed by atoms with E-state index >= 15 is 0 Å². The fourth-order valence-corrected chi connectivity index (χ4v) is 4.49. The van der Waals surface area contributed by atoms with Gasteiger partial charge in [-0.05, 0) is 59.9 Å². The van der Waals surface area contributed by atoms with E-state index in [1.165, 1.54) is 25.3 Å². The Balaban J connectivity index is 1.87. The van der Waals surface area contributed by atoms with Gasteiger partial charge < -0.3 is 9.64 Å². The maximum atomic E-state index is 13.9. The molecule has 1 amide bonds. The van der Waals surface area contributed by atoms with E-state index in [0.29, 0.717) is 17.7 Å². The maximum Gasteiger partial charge on any atom is 0.338 e. The van der Waals surface area contributed by atoms with Crippen molar-refractivity contribution >= 4 is 18.1 Å². The van der Waals surface area contributed by atoms with Crippen molar-refractivity contribution < 1.29 is 18.7 Å². The number of benzene rings is 2. The minimum Gasteiger partial charge on any atom is -0.465 e. The van der Waals surface area contributed by atoms with Gasteiger partial charge >= 0.3 is 5.97 Å². The van der Waals surface area contributed by atoms with Crippen molar-refractivity contribution in [1.82, 2.24) is 0 Å². The second-order valence-corrected chi connectivity index (χ2v) is 7.13. The molecule has 0 N–H and O–H groups in total. The van der Waals surface area contributed by atoms with Gasteiger partial charge in [0.05, 0.1) is 12.7 Å². The predicted molar refractivity (Wildman–Crippen MR) is 96.7 cm³/mol. The highest BCUT2D eigenvalue weighted by Crippen LogP contribution is 2.51. The lowest BCUT2D eigenvalue weighted by Gasteiger charge is -2.24. The summed E-state index contributed by atoms with van der Waals surface area (Å²) in [6.07, 6.45) is 5.25. The number of anilines is 1. The number of nitrogens with zero attached hydrogens (tertiary/aromatic N) is 1. The number of hydrogen-bond donors (Lipinski definition) is 0. The lowest BCUT2D eigenvalue weighted by molar-refractivity contribution is -0.107. The average Bonchev–Trinajstić information content (AvgIpc) is 3.26. The van der Waals surface area contributed by atoms with Crippen molar-refractivity contribution in [3.63, 3.8) is 0 Å². The third kappa shape index (κ3) is 2.50. The van der Waals surface area contributed by atoms with Crippen molar-refractivity contribution in [3.05, 3.63) is 53.3 Å². The van der Waals surface area contributed by atoms with Crippen LogP contribution in [0.5, 0.6) is 0 Å². The van der Waals surface area contributed by atoms with Gasteiger partial charge in [0, 0.05) is 17.6 Å². The third-order valence-corrected chi connectivity index (χ3v) is 5.74. The molecule has 1 fully saturated rings. The monoisotopic (exact) mass is 353 g/mol. The van der Waals surface area contributed by atoms with Crippen LogP contribution in [0.1, 0.15) is 41.6 Å². The van der Waals surface area contributed by atoms with Crippen molar-refractivity contribution in [2.24, 2.45) is 0 Å². The first kappa shape index (κ1) is 16.8. The molecule has 134 valence electrons. The molecule has 0 radical (unpaired) electrons. The molecule has 2 aliphatic rings. The summed E-state index contributed by atoms with van der Waals surface area (Å²) in [5.74, 6) is -0.899. The van der Waals surface area contributed by atoms with Crippen LogP contribution in [0, 0.1) is 5.82 Å². The van der Waals surface area contributed by atoms with E-state index in [-0.39, 0.29) is 5.41 Å². The Hall–Kier alpha value is -2.69. The first-order valence-corrected chi connectivity index (χ1v) is 8.83. The molecular formula is C21H20FNO3. The Labute approximate surface area is 151 Å². The van der Waals surface area contributed by atoms with Gasteiger partial charge in [0.25, 0.3) is 0 Å². The molecule has 2 aromatic rings. The molecule has 5 heteroatoms. The van der Waals surface area contributed by atoms with Crippen molar-refractivity contribution in [2.75, 3.05) is 18.6 Å². The van der Waals surface area contributed by atoms with Crippen LogP contribution < -0.4 is 4.90 Å². The number of fused-ring (bicyclic) bond motifs is 2. The number of hydrogen-bond acceptors (Lipinski definition) is 3. The molecule has 0 bridgehead atoms. The fourth-order valence-electron chi connectivity index (χ4n) is 4.49. The Morgan fingerprint density at radius 1 is 1.19 bits per heavy atom. The van der Waals surface area contributed by atoms with Gasteiger partial charge in [0.15, 0.2) is 0 Å². The van der Waals surface area contributed by atoms with Crippen LogP contribution in [0.3, 0.4) is 0 Å². The van der Waals surface area contributed by atoms with E-state index in [4.69, 9.17) is 4.74 Å². The van der Waals surface area contributed by atoms with Crippen LogP contribution in [-0.2, 0) is 14.9 Å². The quantitative estimate of drug-likeness (QED) is 0.617. The molecule has 1 aliphatic heterocycles. The highest BCUT2D eigenvalue weighted by atomic mass is 19.1. The van der Waals surface area contributed by atoms with Gasteiger partial charge in [-0.2, -0.15) is 0 Å². The van der Waals surface area contributed by atoms with Crippen LogP contribution in [0.2, 0.25) is 0 Å². The van der Waals surface area contributed by atoms with Gasteiger partial charge in [-0.3, -0.25) is 4.79 Å². The summed E-state index contributed by atoms with van der Waals surface area (Å²) in [7, 11) is 1.31. The maximum absolute atomic E-state index is 13.9. The molecule has 4 rings (SSSR count). The summed E-state index contributed by atoms with van der Waals surface area (Å²) in [6.45, 7) is 0.697. The number of halogens is 1. The van der Waals surface area contributed by atoms with E-state index in [1.54, 1.807) is 4.90 Å². The highest BCUT2D eigenvalue weighted by molar-refractivity contribution is 5.97. The fraction of sp³-hybridized carbons (Fsp3) is 0.333. The number of rotatable bonds is 3. The first-order valence-electron chi connectivity index (χ1n) is 8.83. The largest absolute Gasteiger partial charge is 0.465 e. The SMILES string of the molecule is COC(=O)c1ccc(F)cc1-c1ccc2c(c1)C1(CCCC1)CN2C=O. The van der Waals surface area contributed by atoms with Crippen LogP contribution in [0.4, 0.5) is 10.1 Å². The molecule has 4 nitrogen and oxygen atoms in total. The van der Waals surface area contributed by atoms with Gasteiger partial charge in [0.1, 0.15) is 5.82 Å². The van der Waals surface area contributed by atoms with Crippen molar-refractivity contribution in [2.45, 2.75) is 31.1 Å². The second-order valence-electron chi connectivity index (χ2n) is 7.13. The van der Waals surface area contributed by atoms with E-state index in [2.05, 4.69) is 0 Å². The standard InChI is InChI=1S/C21H20FNO3/c1-26-20(25)16-6-5-15(22)11-17(16)14-4-7-19-18(10-14)21(8-2-3-9-21)12-23(19)13-24/h4-7,10-11,13H,2-3,8-9,12H2,1H3. The Bertz CT molecular complexity index is 887. The predicted octanol–water partition coefficient (Wildman–Crippen LogP) is 4.07. The van der Waals surface area contributed by atoms with Crippen molar-refractivity contribution in [1.29, 1.82) is 0 Å². The van der Waals surface area contributed by atoms with Crippen LogP contribution >= 0.6 is 0 Å². The summed E-state index contributed by atoms with van der Waals surface area (Å²) in [4.78, 5) is 25.4. The lowest BCUT2D eigenvalue weighted by Crippen LogP contribution is -2.30. The molecule has 1 aliphatic carbocycles. The molecular weight excluding hydrogens is 333 g/mol. The molecule has 1 spiro atoms. The van der Waals surface area contributed by atoms with Crippen LogP contribution in [0.15, 0.2) is 36.4 Å². The molecule has 0 aromatic heterocycles. The Kier molecular flexibility index (Phi) is 4.02. The summed E-state index contributed by atoms with van der Waals surface area (Å²) in [6, 6.07) is 9.83. The van der Waals surface area contributed by atoms with Gasteiger partial charge in [-0.15, -0.1) is 0 Å². The average molecular weight is 353 g/mol. The van der Waals surface area contributed by atoms with Crippen LogP contribution in [0.25, 0.3) is 11.1 Å². The Morgan fingerprint density at radius 3 is 2.65 bits per heavy atom. The zero-order chi connectivity index (χ0) is 18.3. The summed E-state index contributed by atoms with van der Waals surface area (Å²) < 4.78 is 18.7. The summed E-state index contributed by atoms with van der Waals surface area (Å²) in [5.41, 5.74) is 3.63.